The van der Waals surface area contributed by atoms with Gasteiger partial charge in [0.1, 0.15) is 11.6 Å². The highest BCUT2D eigenvalue weighted by atomic mass is 19.1. The number of aromatic nitrogens is 1. The van der Waals surface area contributed by atoms with Gasteiger partial charge in [0, 0.05) is 29.6 Å². The van der Waals surface area contributed by atoms with Crippen molar-refractivity contribution in [2.75, 3.05) is 39.1 Å². The lowest BCUT2D eigenvalue weighted by molar-refractivity contribution is 0.202. The van der Waals surface area contributed by atoms with E-state index in [1.807, 2.05) is 32.0 Å². The molecule has 1 heterocycles. The average Bonchev–Trinajstić information content (AvgIpc) is 2.73. The normalized spacial score (nSPS) is 11.0. The Balaban J connectivity index is 1.88. The summed E-state index contributed by atoms with van der Waals surface area (Å²) in [7, 11) is 3.79. The number of nitrogens with one attached hydrogen (secondary N) is 2. The van der Waals surface area contributed by atoms with E-state index in [0.29, 0.717) is 36.5 Å². The van der Waals surface area contributed by atoms with E-state index in [2.05, 4.69) is 10.3 Å². The standard InChI is InChI=1S/C23H27FN4O3/c1-4-31-18-9-10-20-16(14-18)13-17(22(29)25-20)15-28(12-11-27(2)3)23(30)26-21-8-6-5-7-19(21)24/h5-10,13-14H,4,11-12,15H2,1-3H3,(H,25,29)(H,26,30). The molecular weight excluding hydrogens is 399 g/mol. The number of hydrogen-bond acceptors (Lipinski definition) is 4. The van der Waals surface area contributed by atoms with Crippen molar-refractivity contribution in [2.45, 2.75) is 13.5 Å². The summed E-state index contributed by atoms with van der Waals surface area (Å²) in [5.74, 6) is 0.185. The van der Waals surface area contributed by atoms with Gasteiger partial charge in [0.05, 0.1) is 18.8 Å². The van der Waals surface area contributed by atoms with Crippen LogP contribution in [0.3, 0.4) is 0 Å². The Bertz CT molecular complexity index is 1110. The van der Waals surface area contributed by atoms with Crippen molar-refractivity contribution in [3.63, 3.8) is 0 Å². The SMILES string of the molecule is CCOc1ccc2[nH]c(=O)c(CN(CCN(C)C)C(=O)Nc3ccccc3F)cc2c1. The summed E-state index contributed by atoms with van der Waals surface area (Å²) in [6, 6.07) is 12.7. The van der Waals surface area contributed by atoms with E-state index >= 15 is 0 Å². The molecule has 164 valence electrons. The van der Waals surface area contributed by atoms with E-state index in [9.17, 15) is 14.0 Å². The fourth-order valence-corrected chi connectivity index (χ4v) is 3.14. The van der Waals surface area contributed by atoms with Crippen LogP contribution in [0.25, 0.3) is 10.9 Å². The third-order valence-electron chi connectivity index (χ3n) is 4.78. The van der Waals surface area contributed by atoms with Crippen LogP contribution in [0.2, 0.25) is 0 Å². The number of H-pyrrole nitrogens is 1. The molecule has 0 aliphatic carbocycles. The van der Waals surface area contributed by atoms with Crippen LogP contribution in [0.1, 0.15) is 12.5 Å². The first-order chi connectivity index (χ1) is 14.9. The lowest BCUT2D eigenvalue weighted by atomic mass is 10.1. The molecule has 0 spiro atoms. The average molecular weight is 426 g/mol. The Morgan fingerprint density at radius 3 is 2.61 bits per heavy atom. The van der Waals surface area contributed by atoms with Gasteiger partial charge in [-0.3, -0.25) is 4.79 Å². The highest BCUT2D eigenvalue weighted by Crippen LogP contribution is 2.20. The van der Waals surface area contributed by atoms with Gasteiger partial charge in [-0.1, -0.05) is 12.1 Å². The lowest BCUT2D eigenvalue weighted by Crippen LogP contribution is -2.40. The lowest BCUT2D eigenvalue weighted by Gasteiger charge is -2.25. The van der Waals surface area contributed by atoms with Crippen molar-refractivity contribution < 1.29 is 13.9 Å². The third-order valence-corrected chi connectivity index (χ3v) is 4.78. The predicted molar refractivity (Wildman–Crippen MR) is 120 cm³/mol. The number of hydrogen-bond donors (Lipinski definition) is 2. The predicted octanol–water partition coefficient (Wildman–Crippen LogP) is 3.66. The van der Waals surface area contributed by atoms with Gasteiger partial charge in [0.15, 0.2) is 0 Å². The molecule has 2 aromatic carbocycles. The number of anilines is 1. The molecule has 0 aliphatic heterocycles. The minimum absolute atomic E-state index is 0.0816. The van der Waals surface area contributed by atoms with Crippen LogP contribution >= 0.6 is 0 Å². The summed E-state index contributed by atoms with van der Waals surface area (Å²) >= 11 is 0. The maximum Gasteiger partial charge on any atom is 0.322 e. The third kappa shape index (κ3) is 5.82. The topological polar surface area (TPSA) is 77.7 Å². The minimum Gasteiger partial charge on any atom is -0.494 e. The highest BCUT2D eigenvalue weighted by molar-refractivity contribution is 5.89. The molecule has 3 aromatic rings. The monoisotopic (exact) mass is 426 g/mol. The van der Waals surface area contributed by atoms with Crippen LogP contribution in [0.4, 0.5) is 14.9 Å². The maximum atomic E-state index is 14.0. The van der Waals surface area contributed by atoms with Gasteiger partial charge in [0.2, 0.25) is 0 Å². The minimum atomic E-state index is -0.518. The fourth-order valence-electron chi connectivity index (χ4n) is 3.14. The quantitative estimate of drug-likeness (QED) is 0.576. The van der Waals surface area contributed by atoms with Crippen LogP contribution in [-0.4, -0.2) is 54.6 Å². The van der Waals surface area contributed by atoms with Gasteiger partial charge in [0.25, 0.3) is 5.56 Å². The number of para-hydroxylation sites is 1. The Morgan fingerprint density at radius 2 is 1.90 bits per heavy atom. The molecule has 0 fully saturated rings. The number of carbonyl (C=O) groups excluding carboxylic acids is 1. The van der Waals surface area contributed by atoms with Crippen molar-refractivity contribution >= 4 is 22.6 Å². The Kier molecular flexibility index (Phi) is 7.25. The number of ether oxygens (including phenoxy) is 1. The fraction of sp³-hybridized carbons (Fsp3) is 0.304. The van der Waals surface area contributed by atoms with Crippen LogP contribution in [-0.2, 0) is 6.54 Å². The van der Waals surface area contributed by atoms with Crippen molar-refractivity contribution in [2.24, 2.45) is 0 Å². The van der Waals surface area contributed by atoms with E-state index in [-0.39, 0.29) is 17.8 Å². The molecule has 2 amide bonds. The number of halogens is 1. The molecule has 2 N–H and O–H groups in total. The molecule has 0 atom stereocenters. The Morgan fingerprint density at radius 1 is 1.13 bits per heavy atom. The number of rotatable bonds is 8. The van der Waals surface area contributed by atoms with Crippen LogP contribution in [0.5, 0.6) is 5.75 Å². The van der Waals surface area contributed by atoms with Crippen LogP contribution in [0.15, 0.2) is 53.3 Å². The highest BCUT2D eigenvalue weighted by Gasteiger charge is 2.18. The van der Waals surface area contributed by atoms with E-state index in [1.54, 1.807) is 30.3 Å². The van der Waals surface area contributed by atoms with E-state index in [4.69, 9.17) is 4.74 Å². The summed E-state index contributed by atoms with van der Waals surface area (Å²) in [6.45, 7) is 3.47. The van der Waals surface area contributed by atoms with Gasteiger partial charge in [-0.05, 0) is 57.4 Å². The second-order valence-electron chi connectivity index (χ2n) is 7.44. The number of pyridine rings is 1. The van der Waals surface area contributed by atoms with Gasteiger partial charge >= 0.3 is 6.03 Å². The summed E-state index contributed by atoms with van der Waals surface area (Å²) in [5.41, 5.74) is 0.942. The number of fused-ring (bicyclic) bond motifs is 1. The summed E-state index contributed by atoms with van der Waals surface area (Å²) in [6.07, 6.45) is 0. The molecule has 0 bridgehead atoms. The number of nitrogens with zero attached hydrogens (tertiary/aromatic N) is 2. The first-order valence-corrected chi connectivity index (χ1v) is 10.1. The molecule has 31 heavy (non-hydrogen) atoms. The van der Waals surface area contributed by atoms with Gasteiger partial charge in [-0.2, -0.15) is 0 Å². The molecular formula is C23H27FN4O3. The number of amides is 2. The van der Waals surface area contributed by atoms with Crippen LogP contribution < -0.4 is 15.6 Å². The second kappa shape index (κ2) is 10.1. The van der Waals surface area contributed by atoms with Gasteiger partial charge < -0.3 is 24.8 Å². The zero-order valence-electron chi connectivity index (χ0n) is 17.9. The van der Waals surface area contributed by atoms with E-state index in [1.165, 1.54) is 17.0 Å². The summed E-state index contributed by atoms with van der Waals surface area (Å²) in [5, 5.41) is 3.41. The van der Waals surface area contributed by atoms with Crippen molar-refractivity contribution in [3.8, 4) is 5.75 Å². The first-order valence-electron chi connectivity index (χ1n) is 10.1. The molecule has 0 aliphatic rings. The largest absolute Gasteiger partial charge is 0.494 e. The van der Waals surface area contributed by atoms with Crippen LogP contribution in [0, 0.1) is 5.82 Å². The molecule has 0 radical (unpaired) electrons. The maximum absolute atomic E-state index is 14.0. The first kappa shape index (κ1) is 22.3. The molecule has 0 saturated carbocycles. The molecule has 7 nitrogen and oxygen atoms in total. The number of carbonyl (C=O) groups is 1. The van der Waals surface area contributed by atoms with Gasteiger partial charge in [-0.25, -0.2) is 9.18 Å². The van der Waals surface area contributed by atoms with Crippen molar-refractivity contribution in [1.82, 2.24) is 14.8 Å². The van der Waals surface area contributed by atoms with Gasteiger partial charge in [-0.15, -0.1) is 0 Å². The number of likely N-dealkylation sites (N-methyl/N-ethyl adjacent to an activating group) is 1. The number of aromatic amines is 1. The Labute approximate surface area is 180 Å². The van der Waals surface area contributed by atoms with Crippen molar-refractivity contribution in [1.29, 1.82) is 0 Å². The van der Waals surface area contributed by atoms with Crippen molar-refractivity contribution in [3.05, 3.63) is 70.3 Å². The zero-order valence-corrected chi connectivity index (χ0v) is 17.9. The Hall–Kier alpha value is -3.39. The smallest absolute Gasteiger partial charge is 0.322 e. The van der Waals surface area contributed by atoms with E-state index in [0.717, 1.165) is 5.39 Å². The second-order valence-corrected chi connectivity index (χ2v) is 7.44. The summed E-state index contributed by atoms with van der Waals surface area (Å²) in [4.78, 5) is 31.8. The molecule has 0 saturated heterocycles. The summed E-state index contributed by atoms with van der Waals surface area (Å²) < 4.78 is 19.5. The zero-order chi connectivity index (χ0) is 22.4. The molecule has 3 rings (SSSR count). The number of benzene rings is 2. The molecule has 1 aromatic heterocycles. The van der Waals surface area contributed by atoms with E-state index < -0.39 is 11.8 Å². The molecule has 0 unspecified atom stereocenters. The number of urea groups is 1. The molecule has 8 heteroatoms.